The summed E-state index contributed by atoms with van der Waals surface area (Å²) < 4.78 is 0. The molecule has 1 nitrogen and oxygen atoms in total. The molecule has 0 aliphatic carbocycles. The van der Waals surface area contributed by atoms with Crippen LogP contribution in [0.25, 0.3) is 0 Å². The highest BCUT2D eigenvalue weighted by Crippen LogP contribution is 2.24. The van der Waals surface area contributed by atoms with Gasteiger partial charge in [-0.3, -0.25) is 0 Å². The van der Waals surface area contributed by atoms with Crippen molar-refractivity contribution in [3.05, 3.63) is 34.3 Å². The van der Waals surface area contributed by atoms with Gasteiger partial charge in [0.2, 0.25) is 0 Å². The Balaban J connectivity index is 2.92. The highest BCUT2D eigenvalue weighted by molar-refractivity contribution is 6.31. The van der Waals surface area contributed by atoms with Crippen LogP contribution in [-0.2, 0) is 6.54 Å². The fraction of sp³-hybridized carbons (Fsp3) is 0.455. The first-order chi connectivity index (χ1) is 6.15. The third kappa shape index (κ3) is 2.71. The lowest BCUT2D eigenvalue weighted by molar-refractivity contribution is 0.813. The minimum atomic E-state index is 0.496. The topological polar surface area (TPSA) is 12.0 Å². The molecule has 0 aliphatic rings. The summed E-state index contributed by atoms with van der Waals surface area (Å²) in [5.41, 5.74) is 2.46. The SMILES string of the molecule is CNCc1ccc(C(C)C)c(Cl)c1. The first-order valence-electron chi connectivity index (χ1n) is 4.58. The molecular weight excluding hydrogens is 182 g/mol. The van der Waals surface area contributed by atoms with E-state index in [2.05, 4.69) is 31.3 Å². The molecule has 13 heavy (non-hydrogen) atoms. The van der Waals surface area contributed by atoms with Crippen LogP contribution in [0.15, 0.2) is 18.2 Å². The molecular formula is C11H16ClN. The lowest BCUT2D eigenvalue weighted by Gasteiger charge is -2.09. The van der Waals surface area contributed by atoms with Gasteiger partial charge in [-0.1, -0.05) is 37.6 Å². The molecule has 0 saturated carbocycles. The van der Waals surface area contributed by atoms with E-state index in [-0.39, 0.29) is 0 Å². The molecule has 0 unspecified atom stereocenters. The van der Waals surface area contributed by atoms with E-state index >= 15 is 0 Å². The van der Waals surface area contributed by atoms with Crippen molar-refractivity contribution in [3.63, 3.8) is 0 Å². The molecule has 1 aromatic rings. The number of halogens is 1. The van der Waals surface area contributed by atoms with E-state index in [1.807, 2.05) is 13.1 Å². The molecule has 1 rings (SSSR count). The molecule has 72 valence electrons. The second kappa shape index (κ2) is 4.64. The monoisotopic (exact) mass is 197 g/mol. The maximum atomic E-state index is 6.13. The summed E-state index contributed by atoms with van der Waals surface area (Å²) in [6, 6.07) is 6.27. The first kappa shape index (κ1) is 10.6. The molecule has 0 fully saturated rings. The van der Waals surface area contributed by atoms with E-state index in [0.717, 1.165) is 11.6 Å². The number of benzene rings is 1. The van der Waals surface area contributed by atoms with Gasteiger partial charge in [-0.15, -0.1) is 0 Å². The van der Waals surface area contributed by atoms with Crippen molar-refractivity contribution in [2.24, 2.45) is 0 Å². The van der Waals surface area contributed by atoms with Crippen LogP contribution in [0.5, 0.6) is 0 Å². The smallest absolute Gasteiger partial charge is 0.0443 e. The van der Waals surface area contributed by atoms with Gasteiger partial charge in [-0.25, -0.2) is 0 Å². The lowest BCUT2D eigenvalue weighted by Crippen LogP contribution is -2.05. The van der Waals surface area contributed by atoms with Gasteiger partial charge in [0.05, 0.1) is 0 Å². The summed E-state index contributed by atoms with van der Waals surface area (Å²) in [4.78, 5) is 0. The normalized spacial score (nSPS) is 10.8. The number of hydrogen-bond donors (Lipinski definition) is 1. The lowest BCUT2D eigenvalue weighted by atomic mass is 10.0. The van der Waals surface area contributed by atoms with Crippen molar-refractivity contribution < 1.29 is 0 Å². The van der Waals surface area contributed by atoms with E-state index in [9.17, 15) is 0 Å². The van der Waals surface area contributed by atoms with E-state index < -0.39 is 0 Å². The van der Waals surface area contributed by atoms with E-state index in [0.29, 0.717) is 5.92 Å². The maximum Gasteiger partial charge on any atom is 0.0443 e. The van der Waals surface area contributed by atoms with Crippen molar-refractivity contribution in [1.82, 2.24) is 5.32 Å². The summed E-state index contributed by atoms with van der Waals surface area (Å²) >= 11 is 6.13. The summed E-state index contributed by atoms with van der Waals surface area (Å²) in [6.07, 6.45) is 0. The zero-order valence-electron chi connectivity index (χ0n) is 8.39. The van der Waals surface area contributed by atoms with Gasteiger partial charge in [0, 0.05) is 11.6 Å². The average molecular weight is 198 g/mol. The Morgan fingerprint density at radius 3 is 2.54 bits per heavy atom. The number of nitrogens with one attached hydrogen (secondary N) is 1. The second-order valence-corrected chi connectivity index (χ2v) is 3.95. The van der Waals surface area contributed by atoms with Gasteiger partial charge in [-0.2, -0.15) is 0 Å². The molecule has 2 heteroatoms. The van der Waals surface area contributed by atoms with Crippen LogP contribution in [0.3, 0.4) is 0 Å². The molecule has 0 bridgehead atoms. The quantitative estimate of drug-likeness (QED) is 0.785. The van der Waals surface area contributed by atoms with Crippen LogP contribution in [0, 0.1) is 0 Å². The molecule has 0 amide bonds. The largest absolute Gasteiger partial charge is 0.316 e. The molecule has 1 aromatic carbocycles. The van der Waals surface area contributed by atoms with Crippen LogP contribution in [0.1, 0.15) is 30.9 Å². The van der Waals surface area contributed by atoms with Crippen LogP contribution in [0.2, 0.25) is 5.02 Å². The molecule has 0 spiro atoms. The Morgan fingerprint density at radius 2 is 2.08 bits per heavy atom. The molecule has 0 radical (unpaired) electrons. The van der Waals surface area contributed by atoms with E-state index in [4.69, 9.17) is 11.6 Å². The van der Waals surface area contributed by atoms with Gasteiger partial charge in [0.15, 0.2) is 0 Å². The number of hydrogen-bond acceptors (Lipinski definition) is 1. The molecule has 1 N–H and O–H groups in total. The van der Waals surface area contributed by atoms with Gasteiger partial charge in [-0.05, 0) is 30.2 Å². The Morgan fingerprint density at radius 1 is 1.38 bits per heavy atom. The van der Waals surface area contributed by atoms with Gasteiger partial charge < -0.3 is 5.32 Å². The fourth-order valence-electron chi connectivity index (χ4n) is 1.35. The minimum absolute atomic E-state index is 0.496. The zero-order chi connectivity index (χ0) is 9.84. The Hall–Kier alpha value is -0.530. The fourth-order valence-corrected chi connectivity index (χ4v) is 1.77. The van der Waals surface area contributed by atoms with Crippen LogP contribution < -0.4 is 5.32 Å². The third-order valence-corrected chi connectivity index (χ3v) is 2.40. The second-order valence-electron chi connectivity index (χ2n) is 3.54. The summed E-state index contributed by atoms with van der Waals surface area (Å²) in [7, 11) is 1.93. The van der Waals surface area contributed by atoms with E-state index in [1.54, 1.807) is 0 Å². The predicted molar refractivity (Wildman–Crippen MR) is 58.3 cm³/mol. The van der Waals surface area contributed by atoms with Crippen molar-refractivity contribution in [1.29, 1.82) is 0 Å². The summed E-state index contributed by atoms with van der Waals surface area (Å²) in [5.74, 6) is 0.496. The molecule has 0 aliphatic heterocycles. The maximum absolute atomic E-state index is 6.13. The molecule has 0 saturated heterocycles. The molecule has 0 heterocycles. The van der Waals surface area contributed by atoms with Crippen LogP contribution in [0.4, 0.5) is 0 Å². The molecule has 0 atom stereocenters. The van der Waals surface area contributed by atoms with Crippen molar-refractivity contribution in [3.8, 4) is 0 Å². The average Bonchev–Trinajstić information content (AvgIpc) is 2.04. The van der Waals surface area contributed by atoms with Crippen LogP contribution in [-0.4, -0.2) is 7.05 Å². The van der Waals surface area contributed by atoms with Gasteiger partial charge in [0.25, 0.3) is 0 Å². The summed E-state index contributed by atoms with van der Waals surface area (Å²) in [5, 5.41) is 3.98. The minimum Gasteiger partial charge on any atom is -0.316 e. The Labute approximate surface area is 85.1 Å². The van der Waals surface area contributed by atoms with Gasteiger partial charge >= 0.3 is 0 Å². The summed E-state index contributed by atoms with van der Waals surface area (Å²) in [6.45, 7) is 5.18. The van der Waals surface area contributed by atoms with E-state index in [1.165, 1.54) is 11.1 Å². The number of rotatable bonds is 3. The predicted octanol–water partition coefficient (Wildman–Crippen LogP) is 3.18. The van der Waals surface area contributed by atoms with Crippen LogP contribution >= 0.6 is 11.6 Å². The van der Waals surface area contributed by atoms with Crippen molar-refractivity contribution in [2.75, 3.05) is 7.05 Å². The first-order valence-corrected chi connectivity index (χ1v) is 4.96. The zero-order valence-corrected chi connectivity index (χ0v) is 9.15. The molecule has 0 aromatic heterocycles. The highest BCUT2D eigenvalue weighted by Gasteiger charge is 2.04. The van der Waals surface area contributed by atoms with Gasteiger partial charge in [0.1, 0.15) is 0 Å². The van der Waals surface area contributed by atoms with Crippen molar-refractivity contribution >= 4 is 11.6 Å². The Kier molecular flexibility index (Phi) is 3.76. The Bertz CT molecular complexity index is 281. The standard InChI is InChI=1S/C11H16ClN/c1-8(2)10-5-4-9(7-13-3)6-11(10)12/h4-6,8,13H,7H2,1-3H3. The highest BCUT2D eigenvalue weighted by atomic mass is 35.5. The third-order valence-electron chi connectivity index (χ3n) is 2.07. The van der Waals surface area contributed by atoms with Crippen molar-refractivity contribution in [2.45, 2.75) is 26.3 Å².